The van der Waals surface area contributed by atoms with Crippen molar-refractivity contribution in [2.45, 2.75) is 116 Å². The number of hydrogen-bond donors (Lipinski definition) is 3. The number of anilines is 1. The van der Waals surface area contributed by atoms with Crippen LogP contribution in [0, 0.1) is 23.2 Å². The molecule has 0 spiro atoms. The van der Waals surface area contributed by atoms with E-state index in [1.165, 1.54) is 29.8 Å². The van der Waals surface area contributed by atoms with Crippen molar-refractivity contribution in [3.05, 3.63) is 29.6 Å². The van der Waals surface area contributed by atoms with Crippen molar-refractivity contribution in [3.63, 3.8) is 0 Å². The molecular weight excluding hydrogens is 765 g/mol. The largest absolute Gasteiger partial charge is 0.488 e. The fourth-order valence-electron chi connectivity index (χ4n) is 8.52. The van der Waals surface area contributed by atoms with Gasteiger partial charge in [-0.05, 0) is 74.8 Å². The predicted molar refractivity (Wildman–Crippen MR) is 216 cm³/mol. The number of esters is 1. The summed E-state index contributed by atoms with van der Waals surface area (Å²) in [7, 11) is 1.29. The van der Waals surface area contributed by atoms with Crippen molar-refractivity contribution >= 4 is 57.5 Å². The molecule has 2 aromatic heterocycles. The Hall–Kier alpha value is -4.99. The number of thiazole rings is 1. The number of aromatic nitrogens is 2. The predicted octanol–water partition coefficient (Wildman–Crippen LogP) is 5.50. The molecule has 1 aliphatic heterocycles. The van der Waals surface area contributed by atoms with Gasteiger partial charge in [0.1, 0.15) is 53.6 Å². The fourth-order valence-corrected chi connectivity index (χ4v) is 9.37. The zero-order valence-electron chi connectivity index (χ0n) is 34.2. The third kappa shape index (κ3) is 8.71. The second kappa shape index (κ2) is 16.3. The van der Waals surface area contributed by atoms with E-state index in [-0.39, 0.29) is 37.6 Å². The first kappa shape index (κ1) is 41.2. The van der Waals surface area contributed by atoms with E-state index in [4.69, 9.17) is 28.9 Å². The van der Waals surface area contributed by atoms with Crippen LogP contribution in [0.25, 0.3) is 22.3 Å². The molecule has 58 heavy (non-hydrogen) atoms. The maximum Gasteiger partial charge on any atom is 0.408 e. The number of ether oxygens (including phenoxy) is 4. The standard InChI is InChI=1S/C42H54N6O9S/c1-8-25-19-42(25,38(52)54-7)47-36(50)33-17-28(20-48(33)37(51)35(41(4,5)6)46-40(53)57-27-14-23-13-24(23)15-27)56-34-18-31(32-21-58-39(45-32)43-22(2)3)44-30-16-26(55-12-11-49)9-10-29(30)34/h9-11,16,18,21-25,27-28,33,35H,8,12-15,17,19-20H2,1-7H3,(H,43,45)(H,46,53)(H,47,50)/t23-,24?,25+,27?,28+,33-,35+,42+/m0/s1. The minimum atomic E-state index is -1.18. The third-order valence-corrected chi connectivity index (χ3v) is 12.5. The van der Waals surface area contributed by atoms with Crippen LogP contribution in [0.1, 0.15) is 80.1 Å². The fraction of sp³-hybridized carbons (Fsp3) is 0.595. The summed E-state index contributed by atoms with van der Waals surface area (Å²) in [5, 5.41) is 12.4. The number of likely N-dealkylation sites (tertiary alicyclic amines) is 1. The number of nitrogens with zero attached hydrogens (tertiary/aromatic N) is 3. The van der Waals surface area contributed by atoms with E-state index in [1.54, 1.807) is 24.3 Å². The second-order valence-corrected chi connectivity index (χ2v) is 18.3. The number of pyridine rings is 1. The van der Waals surface area contributed by atoms with Gasteiger partial charge in [0.05, 0.1) is 24.9 Å². The Morgan fingerprint density at radius 2 is 1.79 bits per heavy atom. The SMILES string of the molecule is CC[C@@H]1C[C@]1(NC(=O)[C@@H]1C[C@@H](Oc2cc(-c3csc(NC(C)C)n3)nc3cc(OCC=O)ccc23)CN1C(=O)[C@@H](NC(=O)OC1CC2C[C@H]2C1)C(C)(C)C)C(=O)OC. The first-order chi connectivity index (χ1) is 27.6. The molecule has 7 rings (SSSR count). The number of nitrogens with one attached hydrogen (secondary N) is 3. The number of alkyl carbamates (subject to hydrolysis) is 1. The van der Waals surface area contributed by atoms with Crippen LogP contribution < -0.4 is 25.4 Å². The molecule has 0 radical (unpaired) electrons. The summed E-state index contributed by atoms with van der Waals surface area (Å²) in [4.78, 5) is 77.6. The average molecular weight is 819 g/mol. The van der Waals surface area contributed by atoms with Crippen LogP contribution >= 0.6 is 11.3 Å². The lowest BCUT2D eigenvalue weighted by molar-refractivity contribution is -0.148. The van der Waals surface area contributed by atoms with Crippen LogP contribution in [0.15, 0.2) is 29.6 Å². The molecular formula is C42H54N6O9S. The zero-order valence-corrected chi connectivity index (χ0v) is 35.0. The zero-order chi connectivity index (χ0) is 41.5. The molecule has 3 saturated carbocycles. The van der Waals surface area contributed by atoms with E-state index >= 15 is 0 Å². The summed E-state index contributed by atoms with van der Waals surface area (Å²) in [6.45, 7) is 11.4. The van der Waals surface area contributed by atoms with Gasteiger partial charge in [-0.2, -0.15) is 0 Å². The molecule has 2 unspecified atom stereocenters. The van der Waals surface area contributed by atoms with Crippen molar-refractivity contribution in [1.29, 1.82) is 0 Å². The van der Waals surface area contributed by atoms with Gasteiger partial charge in [-0.25, -0.2) is 19.6 Å². The minimum Gasteiger partial charge on any atom is -0.488 e. The third-order valence-electron chi connectivity index (χ3n) is 11.7. The maximum atomic E-state index is 14.7. The molecule has 4 fully saturated rings. The summed E-state index contributed by atoms with van der Waals surface area (Å²) < 4.78 is 23.2. The molecule has 4 aliphatic rings. The van der Waals surface area contributed by atoms with E-state index in [2.05, 4.69) is 16.0 Å². The Balaban J connectivity index is 1.20. The quantitative estimate of drug-likeness (QED) is 0.129. The normalized spacial score (nSPS) is 26.4. The molecule has 3 amide bonds. The molecule has 3 aromatic rings. The van der Waals surface area contributed by atoms with Gasteiger partial charge in [0.15, 0.2) is 11.4 Å². The molecule has 8 atom stereocenters. The Labute approximate surface area is 342 Å². The van der Waals surface area contributed by atoms with Crippen LogP contribution in [0.2, 0.25) is 0 Å². The first-order valence-corrected chi connectivity index (χ1v) is 21.1. The molecule has 3 aliphatic carbocycles. The van der Waals surface area contributed by atoms with Crippen LogP contribution in [-0.2, 0) is 28.7 Å². The first-order valence-electron chi connectivity index (χ1n) is 20.2. The summed E-state index contributed by atoms with van der Waals surface area (Å²) >= 11 is 1.45. The van der Waals surface area contributed by atoms with Gasteiger partial charge >= 0.3 is 12.1 Å². The highest BCUT2D eigenvalue weighted by Gasteiger charge is 2.62. The van der Waals surface area contributed by atoms with Gasteiger partial charge in [0, 0.05) is 35.4 Å². The van der Waals surface area contributed by atoms with Crippen LogP contribution in [-0.4, -0.2) is 101 Å². The molecule has 16 heteroatoms. The van der Waals surface area contributed by atoms with E-state index < -0.39 is 53.0 Å². The Kier molecular flexibility index (Phi) is 11.6. The average Bonchev–Trinajstić information content (AvgIpc) is 3.84. The van der Waals surface area contributed by atoms with Crippen LogP contribution in [0.3, 0.4) is 0 Å². The molecule has 1 aromatic carbocycles. The van der Waals surface area contributed by atoms with Gasteiger partial charge in [-0.3, -0.25) is 14.4 Å². The van der Waals surface area contributed by atoms with E-state index in [0.29, 0.717) is 64.8 Å². The number of carbonyl (C=O) groups excluding carboxylic acids is 5. The van der Waals surface area contributed by atoms with Crippen molar-refractivity contribution in [2.75, 3.05) is 25.6 Å². The molecule has 3 N–H and O–H groups in total. The topological polar surface area (TPSA) is 187 Å². The van der Waals surface area contributed by atoms with Gasteiger partial charge in [0.2, 0.25) is 11.8 Å². The number of rotatable bonds is 15. The van der Waals surface area contributed by atoms with E-state index in [9.17, 15) is 24.0 Å². The molecule has 312 valence electrons. The molecule has 0 bridgehead atoms. The van der Waals surface area contributed by atoms with E-state index in [0.717, 1.165) is 18.0 Å². The number of fused-ring (bicyclic) bond motifs is 2. The van der Waals surface area contributed by atoms with Crippen LogP contribution in [0.4, 0.5) is 9.93 Å². The highest BCUT2D eigenvalue weighted by molar-refractivity contribution is 7.14. The summed E-state index contributed by atoms with van der Waals surface area (Å²) in [5.41, 5.74) is -0.280. The summed E-state index contributed by atoms with van der Waals surface area (Å²) in [6.07, 6.45) is 3.15. The summed E-state index contributed by atoms with van der Waals surface area (Å²) in [6, 6.07) is 5.09. The smallest absolute Gasteiger partial charge is 0.408 e. The molecule has 1 saturated heterocycles. The highest BCUT2D eigenvalue weighted by atomic mass is 32.1. The second-order valence-electron chi connectivity index (χ2n) is 17.4. The minimum absolute atomic E-state index is 0.00742. The number of methoxy groups -OCH3 is 1. The van der Waals surface area contributed by atoms with Gasteiger partial charge < -0.3 is 39.8 Å². The van der Waals surface area contributed by atoms with Crippen LogP contribution in [0.5, 0.6) is 11.5 Å². The number of carbonyl (C=O) groups is 5. The van der Waals surface area contributed by atoms with Crippen molar-refractivity contribution < 1.29 is 42.9 Å². The summed E-state index contributed by atoms with van der Waals surface area (Å²) in [5.74, 6) is 0.491. The van der Waals surface area contributed by atoms with Gasteiger partial charge in [-0.15, -0.1) is 11.3 Å². The number of amides is 3. The number of aldehydes is 1. The van der Waals surface area contributed by atoms with Gasteiger partial charge in [-0.1, -0.05) is 34.1 Å². The van der Waals surface area contributed by atoms with Crippen molar-refractivity contribution in [1.82, 2.24) is 25.5 Å². The number of hydrogen-bond acceptors (Lipinski definition) is 13. The van der Waals surface area contributed by atoms with Crippen molar-refractivity contribution in [2.24, 2.45) is 23.2 Å². The maximum absolute atomic E-state index is 14.7. The van der Waals surface area contributed by atoms with Crippen molar-refractivity contribution in [3.8, 4) is 22.9 Å². The van der Waals surface area contributed by atoms with E-state index in [1.807, 2.05) is 46.9 Å². The molecule has 3 heterocycles. The lowest BCUT2D eigenvalue weighted by atomic mass is 9.85. The highest BCUT2D eigenvalue weighted by Crippen LogP contribution is 2.52. The molecule has 15 nitrogen and oxygen atoms in total. The lowest BCUT2D eigenvalue weighted by Gasteiger charge is -2.35. The Morgan fingerprint density at radius 1 is 1.03 bits per heavy atom. The monoisotopic (exact) mass is 818 g/mol. The lowest BCUT2D eigenvalue weighted by Crippen LogP contribution is -2.59. The Morgan fingerprint density at radius 3 is 2.45 bits per heavy atom. The Bertz CT molecular complexity index is 2060. The number of benzene rings is 1. The van der Waals surface area contributed by atoms with Gasteiger partial charge in [0.25, 0.3) is 0 Å².